The SMILES string of the molecule is COc1ccc(C2Cc3ccccc3C(O)C2)cc1. The fourth-order valence-electron chi connectivity index (χ4n) is 2.92. The number of fused-ring (bicyclic) bond motifs is 1. The zero-order valence-electron chi connectivity index (χ0n) is 11.0. The maximum Gasteiger partial charge on any atom is 0.118 e. The fraction of sp³-hybridized carbons (Fsp3) is 0.294. The number of benzene rings is 2. The minimum atomic E-state index is -0.350. The molecule has 19 heavy (non-hydrogen) atoms. The molecule has 1 aliphatic carbocycles. The Morgan fingerprint density at radius 1 is 1.05 bits per heavy atom. The first kappa shape index (κ1) is 12.2. The number of hydrogen-bond acceptors (Lipinski definition) is 2. The van der Waals surface area contributed by atoms with Crippen LogP contribution in [-0.2, 0) is 6.42 Å². The van der Waals surface area contributed by atoms with E-state index in [1.807, 2.05) is 30.3 Å². The highest BCUT2D eigenvalue weighted by Gasteiger charge is 2.26. The van der Waals surface area contributed by atoms with Gasteiger partial charge in [0.25, 0.3) is 0 Å². The van der Waals surface area contributed by atoms with Gasteiger partial charge in [0, 0.05) is 0 Å². The Kier molecular flexibility index (Phi) is 3.26. The molecule has 0 amide bonds. The molecule has 0 fully saturated rings. The highest BCUT2D eigenvalue weighted by atomic mass is 16.5. The second-order valence-electron chi connectivity index (χ2n) is 5.12. The van der Waals surface area contributed by atoms with Crippen LogP contribution in [0.25, 0.3) is 0 Å². The molecule has 2 unspecified atom stereocenters. The summed E-state index contributed by atoms with van der Waals surface area (Å²) in [5, 5.41) is 10.3. The number of rotatable bonds is 2. The average Bonchev–Trinajstić information content (AvgIpc) is 2.47. The van der Waals surface area contributed by atoms with E-state index in [0.29, 0.717) is 5.92 Å². The number of ether oxygens (including phenoxy) is 1. The normalized spacial score (nSPS) is 21.8. The lowest BCUT2D eigenvalue weighted by Gasteiger charge is -2.29. The Morgan fingerprint density at radius 3 is 2.53 bits per heavy atom. The quantitative estimate of drug-likeness (QED) is 0.889. The van der Waals surface area contributed by atoms with E-state index in [1.54, 1.807) is 7.11 Å². The molecule has 0 radical (unpaired) electrons. The van der Waals surface area contributed by atoms with Crippen LogP contribution in [0.4, 0.5) is 0 Å². The lowest BCUT2D eigenvalue weighted by atomic mass is 9.79. The number of hydrogen-bond donors (Lipinski definition) is 1. The molecular weight excluding hydrogens is 236 g/mol. The van der Waals surface area contributed by atoms with Crippen molar-refractivity contribution in [2.24, 2.45) is 0 Å². The molecule has 0 heterocycles. The minimum Gasteiger partial charge on any atom is -0.497 e. The second kappa shape index (κ2) is 5.06. The maximum absolute atomic E-state index is 10.3. The summed E-state index contributed by atoms with van der Waals surface area (Å²) >= 11 is 0. The van der Waals surface area contributed by atoms with Crippen LogP contribution in [0, 0.1) is 0 Å². The molecule has 98 valence electrons. The Morgan fingerprint density at radius 2 is 1.79 bits per heavy atom. The van der Waals surface area contributed by atoms with Crippen molar-refractivity contribution in [1.82, 2.24) is 0 Å². The van der Waals surface area contributed by atoms with Crippen molar-refractivity contribution in [2.45, 2.75) is 24.9 Å². The molecule has 0 aliphatic heterocycles. The van der Waals surface area contributed by atoms with Crippen LogP contribution in [0.5, 0.6) is 5.75 Å². The van der Waals surface area contributed by atoms with Gasteiger partial charge in [0.05, 0.1) is 13.2 Å². The topological polar surface area (TPSA) is 29.5 Å². The highest BCUT2D eigenvalue weighted by molar-refractivity contribution is 5.37. The van der Waals surface area contributed by atoms with Gasteiger partial charge in [-0.25, -0.2) is 0 Å². The molecule has 2 aromatic carbocycles. The Bertz CT molecular complexity index is 560. The first-order chi connectivity index (χ1) is 9.28. The van der Waals surface area contributed by atoms with E-state index in [9.17, 15) is 5.11 Å². The number of methoxy groups -OCH3 is 1. The van der Waals surface area contributed by atoms with E-state index in [4.69, 9.17) is 4.74 Å². The second-order valence-corrected chi connectivity index (χ2v) is 5.12. The number of aliphatic hydroxyl groups excluding tert-OH is 1. The first-order valence-electron chi connectivity index (χ1n) is 6.67. The Labute approximate surface area is 113 Å². The van der Waals surface area contributed by atoms with E-state index in [-0.39, 0.29) is 6.10 Å². The Hall–Kier alpha value is -1.80. The van der Waals surface area contributed by atoms with E-state index < -0.39 is 0 Å². The van der Waals surface area contributed by atoms with E-state index in [2.05, 4.69) is 18.2 Å². The molecule has 2 heteroatoms. The van der Waals surface area contributed by atoms with Gasteiger partial charge in [0.1, 0.15) is 5.75 Å². The molecule has 1 N–H and O–H groups in total. The predicted octanol–water partition coefficient (Wildman–Crippen LogP) is 3.46. The molecule has 0 bridgehead atoms. The van der Waals surface area contributed by atoms with Crippen LogP contribution in [-0.4, -0.2) is 12.2 Å². The first-order valence-corrected chi connectivity index (χ1v) is 6.67. The highest BCUT2D eigenvalue weighted by Crippen LogP contribution is 2.38. The maximum atomic E-state index is 10.3. The van der Waals surface area contributed by atoms with Crippen molar-refractivity contribution in [1.29, 1.82) is 0 Å². The summed E-state index contributed by atoms with van der Waals surface area (Å²) in [5.74, 6) is 1.26. The third kappa shape index (κ3) is 2.36. The monoisotopic (exact) mass is 254 g/mol. The molecule has 3 rings (SSSR count). The van der Waals surface area contributed by atoms with Gasteiger partial charge in [-0.15, -0.1) is 0 Å². The smallest absolute Gasteiger partial charge is 0.118 e. The molecule has 1 aliphatic rings. The lowest BCUT2D eigenvalue weighted by molar-refractivity contribution is 0.147. The third-order valence-corrected chi connectivity index (χ3v) is 3.98. The summed E-state index contributed by atoms with van der Waals surface area (Å²) in [6, 6.07) is 16.4. The van der Waals surface area contributed by atoms with Gasteiger partial charge >= 0.3 is 0 Å². The van der Waals surface area contributed by atoms with Crippen LogP contribution in [0.1, 0.15) is 35.1 Å². The van der Waals surface area contributed by atoms with Crippen molar-refractivity contribution in [3.05, 3.63) is 65.2 Å². The summed E-state index contributed by atoms with van der Waals surface area (Å²) in [6.45, 7) is 0. The summed E-state index contributed by atoms with van der Waals surface area (Å²) in [5.41, 5.74) is 3.63. The molecule has 0 saturated carbocycles. The van der Waals surface area contributed by atoms with Gasteiger partial charge in [-0.05, 0) is 47.6 Å². The van der Waals surface area contributed by atoms with Crippen molar-refractivity contribution in [3.8, 4) is 5.75 Å². The lowest BCUT2D eigenvalue weighted by Crippen LogP contribution is -2.17. The van der Waals surface area contributed by atoms with Crippen LogP contribution in [0.15, 0.2) is 48.5 Å². The molecule has 0 saturated heterocycles. The van der Waals surface area contributed by atoms with Crippen molar-refractivity contribution in [2.75, 3.05) is 7.11 Å². The van der Waals surface area contributed by atoms with Crippen LogP contribution in [0.3, 0.4) is 0 Å². The molecule has 0 spiro atoms. The standard InChI is InChI=1S/C17H18O2/c1-19-15-8-6-12(7-9-15)14-10-13-4-2-3-5-16(13)17(18)11-14/h2-9,14,17-18H,10-11H2,1H3. The third-order valence-electron chi connectivity index (χ3n) is 3.98. The summed E-state index contributed by atoms with van der Waals surface area (Å²) in [6.07, 6.45) is 1.44. The van der Waals surface area contributed by atoms with E-state index >= 15 is 0 Å². The van der Waals surface area contributed by atoms with Crippen LogP contribution >= 0.6 is 0 Å². The average molecular weight is 254 g/mol. The van der Waals surface area contributed by atoms with Crippen molar-refractivity contribution in [3.63, 3.8) is 0 Å². The molecule has 0 aromatic heterocycles. The Balaban J connectivity index is 1.87. The van der Waals surface area contributed by atoms with Gasteiger partial charge in [-0.2, -0.15) is 0 Å². The van der Waals surface area contributed by atoms with Gasteiger partial charge in [0.2, 0.25) is 0 Å². The zero-order valence-corrected chi connectivity index (χ0v) is 11.0. The molecule has 2 nitrogen and oxygen atoms in total. The number of aliphatic hydroxyl groups is 1. The molecular formula is C17H18O2. The van der Waals surface area contributed by atoms with Gasteiger partial charge < -0.3 is 9.84 Å². The molecule has 2 aromatic rings. The van der Waals surface area contributed by atoms with Gasteiger partial charge in [-0.3, -0.25) is 0 Å². The van der Waals surface area contributed by atoms with Crippen molar-refractivity contribution < 1.29 is 9.84 Å². The van der Waals surface area contributed by atoms with E-state index in [0.717, 1.165) is 24.2 Å². The van der Waals surface area contributed by atoms with Crippen LogP contribution in [0.2, 0.25) is 0 Å². The summed E-state index contributed by atoms with van der Waals surface area (Å²) in [7, 11) is 1.68. The van der Waals surface area contributed by atoms with Crippen molar-refractivity contribution >= 4 is 0 Å². The predicted molar refractivity (Wildman–Crippen MR) is 75.5 cm³/mol. The fourth-order valence-corrected chi connectivity index (χ4v) is 2.92. The van der Waals surface area contributed by atoms with Gasteiger partial charge in [-0.1, -0.05) is 36.4 Å². The van der Waals surface area contributed by atoms with Gasteiger partial charge in [0.15, 0.2) is 0 Å². The van der Waals surface area contributed by atoms with Crippen LogP contribution < -0.4 is 4.74 Å². The summed E-state index contributed by atoms with van der Waals surface area (Å²) < 4.78 is 5.18. The minimum absolute atomic E-state index is 0.350. The largest absolute Gasteiger partial charge is 0.497 e. The zero-order chi connectivity index (χ0) is 13.2. The summed E-state index contributed by atoms with van der Waals surface area (Å²) in [4.78, 5) is 0. The van der Waals surface area contributed by atoms with E-state index in [1.165, 1.54) is 11.1 Å². The molecule has 2 atom stereocenters.